The van der Waals surface area contributed by atoms with Crippen LogP contribution in [0.2, 0.25) is 0 Å². The summed E-state index contributed by atoms with van der Waals surface area (Å²) in [7, 11) is 0. The predicted molar refractivity (Wildman–Crippen MR) is 37.8 cm³/mol. The van der Waals surface area contributed by atoms with Gasteiger partial charge in [0.2, 0.25) is 6.39 Å². The maximum atomic E-state index is 4.58. The summed E-state index contributed by atoms with van der Waals surface area (Å²) < 4.78 is 4.58. The van der Waals surface area contributed by atoms with Gasteiger partial charge in [0.05, 0.1) is 6.54 Å². The Morgan fingerprint density at radius 3 is 3.18 bits per heavy atom. The van der Waals surface area contributed by atoms with Gasteiger partial charge in [-0.05, 0) is 0 Å². The second kappa shape index (κ2) is 2.98. The lowest BCUT2D eigenvalue weighted by molar-refractivity contribution is 0.354. The van der Waals surface area contributed by atoms with Crippen molar-refractivity contribution >= 4 is 0 Å². The van der Waals surface area contributed by atoms with Crippen molar-refractivity contribution in [1.29, 1.82) is 0 Å². The van der Waals surface area contributed by atoms with Gasteiger partial charge in [-0.2, -0.15) is 4.98 Å². The standard InChI is InChI=1S/C6H10N4O/c1-5(2-7-1)8-3-6-9-4-11-10-6/h4-5,7-8H,1-3H2. The van der Waals surface area contributed by atoms with Crippen LogP contribution < -0.4 is 10.6 Å². The van der Waals surface area contributed by atoms with Gasteiger partial charge in [0, 0.05) is 19.1 Å². The Morgan fingerprint density at radius 1 is 1.73 bits per heavy atom. The van der Waals surface area contributed by atoms with Crippen LogP contribution in [0.4, 0.5) is 0 Å². The first-order chi connectivity index (χ1) is 5.45. The SMILES string of the molecule is c1nc(CNC2CNC2)no1. The molecule has 1 aromatic heterocycles. The third kappa shape index (κ3) is 1.55. The third-order valence-electron chi connectivity index (χ3n) is 1.74. The van der Waals surface area contributed by atoms with Gasteiger partial charge in [-0.25, -0.2) is 0 Å². The molecule has 1 saturated heterocycles. The molecule has 2 N–H and O–H groups in total. The minimum absolute atomic E-state index is 0.577. The summed E-state index contributed by atoms with van der Waals surface area (Å²) in [5, 5.41) is 10.1. The zero-order valence-corrected chi connectivity index (χ0v) is 6.08. The smallest absolute Gasteiger partial charge is 0.213 e. The van der Waals surface area contributed by atoms with E-state index in [1.807, 2.05) is 0 Å². The lowest BCUT2D eigenvalue weighted by Gasteiger charge is -2.27. The monoisotopic (exact) mass is 154 g/mol. The van der Waals surface area contributed by atoms with Crippen molar-refractivity contribution in [2.75, 3.05) is 13.1 Å². The number of rotatable bonds is 3. The Labute approximate surface area is 64.2 Å². The molecule has 1 aliphatic rings. The van der Waals surface area contributed by atoms with Crippen LogP contribution in [0.1, 0.15) is 5.82 Å². The van der Waals surface area contributed by atoms with Gasteiger partial charge in [0.15, 0.2) is 5.82 Å². The van der Waals surface area contributed by atoms with E-state index < -0.39 is 0 Å². The van der Waals surface area contributed by atoms with Crippen LogP contribution in [0.5, 0.6) is 0 Å². The van der Waals surface area contributed by atoms with Gasteiger partial charge >= 0.3 is 0 Å². The number of nitrogens with one attached hydrogen (secondary N) is 2. The molecular weight excluding hydrogens is 144 g/mol. The fraction of sp³-hybridized carbons (Fsp3) is 0.667. The molecule has 60 valence electrons. The number of hydrogen-bond donors (Lipinski definition) is 2. The zero-order valence-electron chi connectivity index (χ0n) is 6.08. The Balaban J connectivity index is 1.74. The molecule has 0 aromatic carbocycles. The lowest BCUT2D eigenvalue weighted by atomic mass is 10.2. The Hall–Kier alpha value is -0.940. The Kier molecular flexibility index (Phi) is 1.83. The van der Waals surface area contributed by atoms with Crippen LogP contribution in [0.3, 0.4) is 0 Å². The molecule has 0 amide bonds. The van der Waals surface area contributed by atoms with Crippen molar-refractivity contribution in [1.82, 2.24) is 20.8 Å². The molecule has 0 bridgehead atoms. The molecule has 1 fully saturated rings. The van der Waals surface area contributed by atoms with Crippen molar-refractivity contribution in [3.05, 3.63) is 12.2 Å². The highest BCUT2D eigenvalue weighted by Crippen LogP contribution is 1.93. The normalized spacial score (nSPS) is 18.2. The van der Waals surface area contributed by atoms with Crippen LogP contribution >= 0.6 is 0 Å². The summed E-state index contributed by atoms with van der Waals surface area (Å²) in [5.41, 5.74) is 0. The summed E-state index contributed by atoms with van der Waals surface area (Å²) in [5.74, 6) is 0.719. The molecule has 0 unspecified atom stereocenters. The highest BCUT2D eigenvalue weighted by Gasteiger charge is 2.15. The summed E-state index contributed by atoms with van der Waals surface area (Å²) >= 11 is 0. The molecule has 0 aliphatic carbocycles. The first kappa shape index (κ1) is 6.75. The Bertz CT molecular complexity index is 206. The summed E-state index contributed by atoms with van der Waals surface area (Å²) in [6, 6.07) is 0.577. The zero-order chi connectivity index (χ0) is 7.52. The van der Waals surface area contributed by atoms with Crippen molar-refractivity contribution in [3.63, 3.8) is 0 Å². The second-order valence-electron chi connectivity index (χ2n) is 2.58. The molecular formula is C6H10N4O. The maximum Gasteiger partial charge on any atom is 0.213 e. The first-order valence-corrected chi connectivity index (χ1v) is 3.64. The van der Waals surface area contributed by atoms with Gasteiger partial charge in [-0.1, -0.05) is 5.16 Å². The van der Waals surface area contributed by atoms with E-state index in [0.717, 1.165) is 18.9 Å². The van der Waals surface area contributed by atoms with E-state index in [1.165, 1.54) is 6.39 Å². The lowest BCUT2D eigenvalue weighted by Crippen LogP contribution is -2.55. The quantitative estimate of drug-likeness (QED) is 0.592. The molecule has 2 rings (SSSR count). The Morgan fingerprint density at radius 2 is 2.64 bits per heavy atom. The first-order valence-electron chi connectivity index (χ1n) is 3.64. The van der Waals surface area contributed by atoms with Gasteiger partial charge in [0.1, 0.15) is 0 Å². The molecule has 5 nitrogen and oxygen atoms in total. The average Bonchev–Trinajstić information content (AvgIpc) is 2.36. The molecule has 0 atom stereocenters. The van der Waals surface area contributed by atoms with E-state index in [1.54, 1.807) is 0 Å². The molecule has 5 heteroatoms. The van der Waals surface area contributed by atoms with E-state index in [2.05, 4.69) is 25.3 Å². The van der Waals surface area contributed by atoms with Gasteiger partial charge in [0.25, 0.3) is 0 Å². The highest BCUT2D eigenvalue weighted by atomic mass is 16.5. The molecule has 1 aliphatic heterocycles. The number of hydrogen-bond acceptors (Lipinski definition) is 5. The molecule has 1 aromatic rings. The molecule has 0 radical (unpaired) electrons. The minimum Gasteiger partial charge on any atom is -0.343 e. The summed E-state index contributed by atoms with van der Waals surface area (Å²) in [6.45, 7) is 2.78. The average molecular weight is 154 g/mol. The van der Waals surface area contributed by atoms with E-state index in [4.69, 9.17) is 0 Å². The van der Waals surface area contributed by atoms with E-state index in [-0.39, 0.29) is 0 Å². The topological polar surface area (TPSA) is 63.0 Å². The van der Waals surface area contributed by atoms with Crippen molar-refractivity contribution in [2.24, 2.45) is 0 Å². The molecule has 0 spiro atoms. The highest BCUT2D eigenvalue weighted by molar-refractivity contribution is 4.85. The fourth-order valence-electron chi connectivity index (χ4n) is 0.939. The second-order valence-corrected chi connectivity index (χ2v) is 2.58. The van der Waals surface area contributed by atoms with Crippen LogP contribution in [-0.4, -0.2) is 29.3 Å². The van der Waals surface area contributed by atoms with Gasteiger partial charge in [-0.3, -0.25) is 0 Å². The van der Waals surface area contributed by atoms with Crippen molar-refractivity contribution in [3.8, 4) is 0 Å². The fourth-order valence-corrected chi connectivity index (χ4v) is 0.939. The van der Waals surface area contributed by atoms with Crippen LogP contribution in [0, 0.1) is 0 Å². The third-order valence-corrected chi connectivity index (χ3v) is 1.74. The van der Waals surface area contributed by atoms with Crippen LogP contribution in [0.15, 0.2) is 10.9 Å². The molecule has 11 heavy (non-hydrogen) atoms. The van der Waals surface area contributed by atoms with Crippen molar-refractivity contribution < 1.29 is 4.52 Å². The maximum absolute atomic E-state index is 4.58. The summed E-state index contributed by atoms with van der Waals surface area (Å²) in [6.07, 6.45) is 1.34. The van der Waals surface area contributed by atoms with E-state index >= 15 is 0 Å². The number of aromatic nitrogens is 2. The van der Waals surface area contributed by atoms with Crippen LogP contribution in [0.25, 0.3) is 0 Å². The summed E-state index contributed by atoms with van der Waals surface area (Å²) in [4.78, 5) is 3.89. The number of nitrogens with zero attached hydrogens (tertiary/aromatic N) is 2. The van der Waals surface area contributed by atoms with Crippen molar-refractivity contribution in [2.45, 2.75) is 12.6 Å². The molecule has 0 saturated carbocycles. The largest absolute Gasteiger partial charge is 0.343 e. The molecule has 2 heterocycles. The predicted octanol–water partition coefficient (Wildman–Crippen LogP) is -0.869. The van der Waals surface area contributed by atoms with Gasteiger partial charge < -0.3 is 15.2 Å². The van der Waals surface area contributed by atoms with Crippen LogP contribution in [-0.2, 0) is 6.54 Å². The van der Waals surface area contributed by atoms with E-state index in [9.17, 15) is 0 Å². The van der Waals surface area contributed by atoms with Gasteiger partial charge in [-0.15, -0.1) is 0 Å². The van der Waals surface area contributed by atoms with E-state index in [0.29, 0.717) is 12.6 Å². The minimum atomic E-state index is 0.577.